The van der Waals surface area contributed by atoms with Gasteiger partial charge >= 0.3 is 6.09 Å². The molecule has 2 aromatic rings. The average molecular weight is 763 g/mol. The lowest BCUT2D eigenvalue weighted by atomic mass is 9.83. The second kappa shape index (κ2) is 19.5. The van der Waals surface area contributed by atoms with E-state index < -0.39 is 77.7 Å². The smallest absolute Gasteiger partial charge is 0.410 e. The lowest BCUT2D eigenvalue weighted by Crippen LogP contribution is -2.60. The van der Waals surface area contributed by atoms with Gasteiger partial charge in [0, 0.05) is 31.5 Å². The summed E-state index contributed by atoms with van der Waals surface area (Å²) in [5.74, 6) is -4.04. The van der Waals surface area contributed by atoms with Crippen molar-refractivity contribution < 1.29 is 38.6 Å². The van der Waals surface area contributed by atoms with E-state index in [1.165, 1.54) is 23.5 Å². The Balaban J connectivity index is 1.32. The number of nitrogens with zero attached hydrogens (tertiary/aromatic N) is 3. The summed E-state index contributed by atoms with van der Waals surface area (Å²) >= 11 is 0. The van der Waals surface area contributed by atoms with Gasteiger partial charge in [-0.1, -0.05) is 64.7 Å². The fraction of sp³-hybridized carbons (Fsp3) is 0.590. The Labute approximate surface area is 321 Å². The topological polar surface area (TPSA) is 221 Å². The van der Waals surface area contributed by atoms with Crippen LogP contribution in [0.15, 0.2) is 48.9 Å². The Morgan fingerprint density at radius 3 is 2.24 bits per heavy atom. The van der Waals surface area contributed by atoms with Gasteiger partial charge in [-0.15, -0.1) is 0 Å². The SMILES string of the molecule is CCC[C@H](NC(=O)[C@@H]1CN(C(=O)Oc2ccccc2)C[C@@H]1NC(=O)[C@@H](NC(=O)[C@@H](NC(=O)c1cnccn1)C1CCCCC1)C(C)C)C(O)C(=O)NC1CC1. The molecule has 2 aliphatic carbocycles. The second-order valence-electron chi connectivity index (χ2n) is 15.1. The van der Waals surface area contributed by atoms with E-state index >= 15 is 0 Å². The minimum absolute atomic E-state index is 0.0144. The minimum atomic E-state index is -1.50. The van der Waals surface area contributed by atoms with Crippen molar-refractivity contribution in [3.05, 3.63) is 54.6 Å². The number of carbonyl (C=O) groups excluding carboxylic acids is 6. The Hall–Kier alpha value is -5.12. The predicted octanol–water partition coefficient (Wildman–Crippen LogP) is 1.84. The van der Waals surface area contributed by atoms with Gasteiger partial charge < -0.3 is 41.3 Å². The highest BCUT2D eigenvalue weighted by atomic mass is 16.6. The summed E-state index contributed by atoms with van der Waals surface area (Å²) in [5.41, 5.74) is 0.0624. The molecule has 1 aromatic carbocycles. The molecule has 6 atom stereocenters. The summed E-state index contributed by atoms with van der Waals surface area (Å²) in [6.45, 7) is 5.19. The third-order valence-electron chi connectivity index (χ3n) is 10.4. The number of rotatable bonds is 16. The number of hydrogen-bond acceptors (Lipinski definition) is 10. The van der Waals surface area contributed by atoms with E-state index in [1.54, 1.807) is 44.2 Å². The van der Waals surface area contributed by atoms with E-state index in [4.69, 9.17) is 4.74 Å². The molecule has 55 heavy (non-hydrogen) atoms. The molecule has 16 nitrogen and oxygen atoms in total. The Morgan fingerprint density at radius 1 is 0.873 bits per heavy atom. The molecular weight excluding hydrogens is 708 g/mol. The van der Waals surface area contributed by atoms with Gasteiger partial charge in [-0.25, -0.2) is 9.78 Å². The summed E-state index contributed by atoms with van der Waals surface area (Å²) in [6.07, 6.45) is 8.75. The Morgan fingerprint density at radius 2 is 1.60 bits per heavy atom. The first kappa shape index (κ1) is 41.1. The zero-order valence-electron chi connectivity index (χ0n) is 31.7. The van der Waals surface area contributed by atoms with E-state index in [0.29, 0.717) is 18.6 Å². The van der Waals surface area contributed by atoms with Crippen LogP contribution in [0.5, 0.6) is 5.75 Å². The second-order valence-corrected chi connectivity index (χ2v) is 15.1. The number of ether oxygens (including phenoxy) is 1. The average Bonchev–Trinajstić information content (AvgIpc) is 3.91. The zero-order valence-corrected chi connectivity index (χ0v) is 31.7. The van der Waals surface area contributed by atoms with Gasteiger partial charge in [0.15, 0.2) is 6.10 Å². The van der Waals surface area contributed by atoms with Crippen LogP contribution < -0.4 is 31.3 Å². The monoisotopic (exact) mass is 762 g/mol. The third-order valence-corrected chi connectivity index (χ3v) is 10.4. The maximum Gasteiger partial charge on any atom is 0.415 e. The molecule has 0 bridgehead atoms. The molecule has 3 aliphatic rings. The first-order valence-corrected chi connectivity index (χ1v) is 19.4. The van der Waals surface area contributed by atoms with Crippen LogP contribution in [0, 0.1) is 17.8 Å². The van der Waals surface area contributed by atoms with Gasteiger partial charge in [-0.3, -0.25) is 29.0 Å². The van der Waals surface area contributed by atoms with Crippen LogP contribution in [-0.2, 0) is 19.2 Å². The number of nitrogens with one attached hydrogen (secondary N) is 5. The number of likely N-dealkylation sites (tertiary alicyclic amines) is 1. The van der Waals surface area contributed by atoms with Gasteiger partial charge in [-0.2, -0.15) is 0 Å². The highest BCUT2D eigenvalue weighted by molar-refractivity contribution is 5.97. The standard InChI is InChI=1S/C39H54N8O8/c1-4-11-28(33(48)38(53)42-25-16-17-25)43-34(49)27-21-47(39(54)55-26-14-9-6-10-15-26)22-30(27)44-36(51)31(23(2)3)45-37(52)32(24-12-7-5-8-13-24)46-35(50)29-20-40-18-19-41-29/h6,9-10,14-15,18-20,23-25,27-28,30-33,48H,4-5,7-8,11-13,16-17,21-22H2,1-3H3,(H,42,53)(H,43,49)(H,44,51)(H,45,52)(H,46,50)/t27-,28+,30+,31+,32+,33?/m1/s1. The highest BCUT2D eigenvalue weighted by Gasteiger charge is 2.44. The molecule has 2 heterocycles. The number of aromatic nitrogens is 2. The van der Waals surface area contributed by atoms with Gasteiger partial charge in [-0.05, 0) is 56.1 Å². The summed E-state index contributed by atoms with van der Waals surface area (Å²) in [5, 5.41) is 25.1. The lowest BCUT2D eigenvalue weighted by Gasteiger charge is -2.32. The number of aliphatic hydroxyl groups excluding tert-OH is 1. The molecule has 3 fully saturated rings. The number of benzene rings is 1. The molecule has 1 aliphatic heterocycles. The van der Waals surface area contributed by atoms with Crippen LogP contribution >= 0.6 is 0 Å². The van der Waals surface area contributed by atoms with Crippen LogP contribution in [0.2, 0.25) is 0 Å². The van der Waals surface area contributed by atoms with Crippen molar-refractivity contribution in [3.63, 3.8) is 0 Å². The first-order valence-electron chi connectivity index (χ1n) is 19.4. The predicted molar refractivity (Wildman–Crippen MR) is 200 cm³/mol. The van der Waals surface area contributed by atoms with Crippen LogP contribution in [0.1, 0.15) is 89.0 Å². The molecule has 6 N–H and O–H groups in total. The molecule has 298 valence electrons. The molecule has 2 saturated carbocycles. The number of para-hydroxylation sites is 1. The molecule has 0 spiro atoms. The minimum Gasteiger partial charge on any atom is -0.410 e. The van der Waals surface area contributed by atoms with Gasteiger partial charge in [0.1, 0.15) is 23.5 Å². The van der Waals surface area contributed by atoms with E-state index in [0.717, 1.165) is 44.9 Å². The van der Waals surface area contributed by atoms with E-state index in [-0.39, 0.29) is 30.7 Å². The van der Waals surface area contributed by atoms with Crippen molar-refractivity contribution in [2.75, 3.05) is 13.1 Å². The molecule has 1 saturated heterocycles. The zero-order chi connectivity index (χ0) is 39.5. The number of carbonyl (C=O) groups is 6. The van der Waals surface area contributed by atoms with Crippen molar-refractivity contribution >= 4 is 35.6 Å². The number of amides is 6. The summed E-state index contributed by atoms with van der Waals surface area (Å²) in [7, 11) is 0. The molecule has 0 radical (unpaired) electrons. The summed E-state index contributed by atoms with van der Waals surface area (Å²) in [4.78, 5) is 90.6. The highest BCUT2D eigenvalue weighted by Crippen LogP contribution is 2.28. The van der Waals surface area contributed by atoms with Crippen molar-refractivity contribution in [2.45, 2.75) is 115 Å². The normalized spacial score (nSPS) is 20.7. The molecule has 1 aromatic heterocycles. The number of hydrogen-bond donors (Lipinski definition) is 6. The lowest BCUT2D eigenvalue weighted by molar-refractivity contribution is -0.134. The van der Waals surface area contributed by atoms with Crippen LogP contribution in [-0.4, -0.2) is 105 Å². The van der Waals surface area contributed by atoms with Crippen molar-refractivity contribution in [2.24, 2.45) is 17.8 Å². The fourth-order valence-corrected chi connectivity index (χ4v) is 7.17. The Kier molecular flexibility index (Phi) is 14.5. The van der Waals surface area contributed by atoms with Gasteiger partial charge in [0.25, 0.3) is 11.8 Å². The summed E-state index contributed by atoms with van der Waals surface area (Å²) < 4.78 is 5.55. The van der Waals surface area contributed by atoms with Gasteiger partial charge in [0.05, 0.1) is 24.2 Å². The quantitative estimate of drug-likeness (QED) is 0.146. The van der Waals surface area contributed by atoms with E-state index in [9.17, 15) is 33.9 Å². The van der Waals surface area contributed by atoms with Crippen molar-refractivity contribution in [3.8, 4) is 5.75 Å². The van der Waals surface area contributed by atoms with Crippen molar-refractivity contribution in [1.82, 2.24) is 41.5 Å². The maximum atomic E-state index is 14.1. The molecule has 5 rings (SSSR count). The van der Waals surface area contributed by atoms with Crippen molar-refractivity contribution in [1.29, 1.82) is 0 Å². The third kappa shape index (κ3) is 11.4. The fourth-order valence-electron chi connectivity index (χ4n) is 7.17. The Bertz CT molecular complexity index is 1640. The molecule has 16 heteroatoms. The van der Waals surface area contributed by atoms with E-state index in [1.807, 2.05) is 6.92 Å². The van der Waals surface area contributed by atoms with Crippen LogP contribution in [0.3, 0.4) is 0 Å². The van der Waals surface area contributed by atoms with Crippen LogP contribution in [0.25, 0.3) is 0 Å². The first-order chi connectivity index (χ1) is 26.4. The van der Waals surface area contributed by atoms with Crippen LogP contribution in [0.4, 0.5) is 4.79 Å². The molecule has 1 unspecified atom stereocenters. The van der Waals surface area contributed by atoms with E-state index in [2.05, 4.69) is 36.6 Å². The number of aliphatic hydroxyl groups is 1. The maximum absolute atomic E-state index is 14.1. The summed E-state index contributed by atoms with van der Waals surface area (Å²) in [6, 6.07) is 4.63. The molecular formula is C39H54N8O8. The largest absolute Gasteiger partial charge is 0.415 e. The van der Waals surface area contributed by atoms with Gasteiger partial charge in [0.2, 0.25) is 17.7 Å². The molecule has 6 amide bonds.